The summed E-state index contributed by atoms with van der Waals surface area (Å²) in [5.41, 5.74) is 5.49. The van der Waals surface area contributed by atoms with Crippen LogP contribution in [0.25, 0.3) is 16.8 Å². The number of aliphatic carboxylic acids is 1. The Labute approximate surface area is 190 Å². The molecule has 166 valence electrons. The molecule has 33 heavy (non-hydrogen) atoms. The Bertz CT molecular complexity index is 1330. The quantitative estimate of drug-likeness (QED) is 0.449. The zero-order valence-electron chi connectivity index (χ0n) is 18.1. The summed E-state index contributed by atoms with van der Waals surface area (Å²) in [7, 11) is 0. The van der Waals surface area contributed by atoms with Gasteiger partial charge in [0.1, 0.15) is 17.5 Å². The first-order valence-corrected chi connectivity index (χ1v) is 10.9. The predicted octanol–water partition coefficient (Wildman–Crippen LogP) is 5.11. The highest BCUT2D eigenvalue weighted by Crippen LogP contribution is 2.37. The van der Waals surface area contributed by atoms with Crippen LogP contribution in [-0.2, 0) is 17.6 Å². The van der Waals surface area contributed by atoms with E-state index in [2.05, 4.69) is 26.1 Å². The Kier molecular flexibility index (Phi) is 5.38. The maximum absolute atomic E-state index is 13.4. The Morgan fingerprint density at radius 2 is 1.91 bits per heavy atom. The highest BCUT2D eigenvalue weighted by Gasteiger charge is 2.25. The summed E-state index contributed by atoms with van der Waals surface area (Å²) >= 11 is 0. The number of carboxylic acids is 1. The fraction of sp³-hybridized carbons (Fsp3) is 0.192. The molecule has 5 rings (SSSR count). The third-order valence-electron chi connectivity index (χ3n) is 6.05. The van der Waals surface area contributed by atoms with E-state index in [-0.39, 0.29) is 18.3 Å². The molecule has 0 amide bonds. The molecule has 0 radical (unpaired) electrons. The van der Waals surface area contributed by atoms with Crippen molar-refractivity contribution in [3.05, 3.63) is 95.3 Å². The van der Waals surface area contributed by atoms with Gasteiger partial charge >= 0.3 is 5.97 Å². The molecule has 1 unspecified atom stereocenters. The molecule has 0 spiro atoms. The first kappa shape index (κ1) is 20.9. The number of rotatable bonds is 5. The first-order valence-electron chi connectivity index (χ1n) is 10.9. The Balaban J connectivity index is 1.63. The van der Waals surface area contributed by atoms with Gasteiger partial charge in [-0.15, -0.1) is 10.2 Å². The van der Waals surface area contributed by atoms with Gasteiger partial charge in [0.05, 0.1) is 18.2 Å². The molecule has 6 nitrogen and oxygen atoms in total. The number of nitrogens with zero attached hydrogens (tertiary/aromatic N) is 3. The van der Waals surface area contributed by atoms with Crippen LogP contribution in [0.4, 0.5) is 10.1 Å². The number of hydrogen-bond donors (Lipinski definition) is 2. The van der Waals surface area contributed by atoms with Crippen molar-refractivity contribution in [1.29, 1.82) is 0 Å². The van der Waals surface area contributed by atoms with E-state index in [9.17, 15) is 14.3 Å². The van der Waals surface area contributed by atoms with Gasteiger partial charge in [0.15, 0.2) is 0 Å². The highest BCUT2D eigenvalue weighted by molar-refractivity contribution is 5.77. The molecule has 0 aliphatic carbocycles. The first-order chi connectivity index (χ1) is 16.0. The minimum atomic E-state index is -0.863. The fourth-order valence-corrected chi connectivity index (χ4v) is 4.53. The maximum atomic E-state index is 13.4. The lowest BCUT2D eigenvalue weighted by Crippen LogP contribution is -2.13. The topological polar surface area (TPSA) is 80.0 Å². The van der Waals surface area contributed by atoms with E-state index in [1.54, 1.807) is 12.1 Å². The number of carbonyl (C=O) groups is 1. The lowest BCUT2D eigenvalue weighted by molar-refractivity contribution is -0.136. The van der Waals surface area contributed by atoms with Crippen LogP contribution < -0.4 is 5.32 Å². The van der Waals surface area contributed by atoms with E-state index in [0.29, 0.717) is 0 Å². The maximum Gasteiger partial charge on any atom is 0.307 e. The zero-order chi connectivity index (χ0) is 22.9. The summed E-state index contributed by atoms with van der Waals surface area (Å²) in [6.45, 7) is 1.93. The Morgan fingerprint density at radius 3 is 2.70 bits per heavy atom. The van der Waals surface area contributed by atoms with Crippen LogP contribution in [0.1, 0.15) is 35.2 Å². The fourth-order valence-electron chi connectivity index (χ4n) is 4.53. The van der Waals surface area contributed by atoms with E-state index in [4.69, 9.17) is 0 Å². The molecule has 0 bridgehead atoms. The van der Waals surface area contributed by atoms with Gasteiger partial charge in [-0.3, -0.25) is 9.36 Å². The van der Waals surface area contributed by atoms with Crippen molar-refractivity contribution in [3.63, 3.8) is 0 Å². The molecular formula is C26H23FN4O2. The second-order valence-corrected chi connectivity index (χ2v) is 8.24. The normalized spacial score (nSPS) is 14.8. The summed E-state index contributed by atoms with van der Waals surface area (Å²) < 4.78 is 15.5. The van der Waals surface area contributed by atoms with Crippen LogP contribution in [0.15, 0.2) is 66.7 Å². The Hall–Kier alpha value is -4.00. The van der Waals surface area contributed by atoms with E-state index in [0.717, 1.165) is 58.1 Å². The van der Waals surface area contributed by atoms with Crippen molar-refractivity contribution in [2.75, 3.05) is 5.32 Å². The predicted molar refractivity (Wildman–Crippen MR) is 124 cm³/mol. The molecule has 4 aromatic rings. The number of aryl methyl sites for hydroxylation is 2. The minimum absolute atomic E-state index is 0.0424. The second-order valence-electron chi connectivity index (χ2n) is 8.24. The summed E-state index contributed by atoms with van der Waals surface area (Å²) in [6, 6.07) is 20.1. The number of halogens is 1. The van der Waals surface area contributed by atoms with Gasteiger partial charge in [-0.05, 0) is 72.0 Å². The molecule has 1 aliphatic heterocycles. The molecule has 0 saturated heterocycles. The van der Waals surface area contributed by atoms with Crippen LogP contribution in [0.5, 0.6) is 0 Å². The lowest BCUT2D eigenvalue weighted by Gasteiger charge is -2.22. The lowest BCUT2D eigenvalue weighted by atomic mass is 9.93. The SMILES string of the molecule is Cc1nnc2n1-c1ccc(-c3ccccc3CC(=O)O)cc1C(Nc1ccc(F)cc1)CC2. The van der Waals surface area contributed by atoms with Crippen LogP contribution in [-0.4, -0.2) is 25.8 Å². The van der Waals surface area contributed by atoms with Gasteiger partial charge in [-0.2, -0.15) is 0 Å². The van der Waals surface area contributed by atoms with Crippen molar-refractivity contribution in [2.24, 2.45) is 0 Å². The van der Waals surface area contributed by atoms with Gasteiger partial charge < -0.3 is 10.4 Å². The monoisotopic (exact) mass is 442 g/mol. The van der Waals surface area contributed by atoms with E-state index in [1.807, 2.05) is 43.3 Å². The summed E-state index contributed by atoms with van der Waals surface area (Å²) in [5, 5.41) is 21.5. The average Bonchev–Trinajstić information content (AvgIpc) is 3.09. The molecule has 7 heteroatoms. The average molecular weight is 442 g/mol. The summed E-state index contributed by atoms with van der Waals surface area (Å²) in [4.78, 5) is 11.4. The van der Waals surface area contributed by atoms with Crippen molar-refractivity contribution >= 4 is 11.7 Å². The number of fused-ring (bicyclic) bond motifs is 3. The highest BCUT2D eigenvalue weighted by atomic mass is 19.1. The molecule has 0 fully saturated rings. The molecule has 3 aromatic carbocycles. The van der Waals surface area contributed by atoms with E-state index < -0.39 is 5.97 Å². The number of benzene rings is 3. The number of hydrogen-bond acceptors (Lipinski definition) is 4. The third kappa shape index (κ3) is 4.09. The van der Waals surface area contributed by atoms with E-state index in [1.165, 1.54) is 12.1 Å². The molecule has 1 aromatic heterocycles. The van der Waals surface area contributed by atoms with Gasteiger partial charge in [0, 0.05) is 12.1 Å². The molecule has 2 heterocycles. The summed E-state index contributed by atoms with van der Waals surface area (Å²) in [5.74, 6) is 0.572. The molecule has 1 atom stereocenters. The van der Waals surface area contributed by atoms with Gasteiger partial charge in [-0.25, -0.2) is 4.39 Å². The Morgan fingerprint density at radius 1 is 1.12 bits per heavy atom. The second kappa shape index (κ2) is 8.50. The number of carboxylic acid groups (broad SMARTS) is 1. The van der Waals surface area contributed by atoms with Crippen LogP contribution >= 0.6 is 0 Å². The summed E-state index contributed by atoms with van der Waals surface area (Å²) in [6.07, 6.45) is 1.47. The molecule has 2 N–H and O–H groups in total. The molecule has 1 aliphatic rings. The standard InChI is InChI=1S/C26H23FN4O2/c1-16-29-30-25-13-11-23(28-20-9-7-19(27)8-10-20)22-14-18(6-12-24(22)31(16)25)21-5-3-2-4-17(21)15-26(32)33/h2-10,12,14,23,28H,11,13,15H2,1H3,(H,32,33). The minimum Gasteiger partial charge on any atom is -0.481 e. The number of nitrogens with one attached hydrogen (secondary N) is 1. The van der Waals surface area contributed by atoms with Crippen molar-refractivity contribution in [2.45, 2.75) is 32.2 Å². The smallest absolute Gasteiger partial charge is 0.307 e. The van der Waals surface area contributed by atoms with Gasteiger partial charge in [0.2, 0.25) is 0 Å². The van der Waals surface area contributed by atoms with Gasteiger partial charge in [0.25, 0.3) is 0 Å². The van der Waals surface area contributed by atoms with Crippen LogP contribution in [0, 0.1) is 12.7 Å². The number of anilines is 1. The molecule has 0 saturated carbocycles. The van der Waals surface area contributed by atoms with Gasteiger partial charge in [-0.1, -0.05) is 30.3 Å². The van der Waals surface area contributed by atoms with Crippen molar-refractivity contribution in [1.82, 2.24) is 14.8 Å². The number of aromatic nitrogens is 3. The third-order valence-corrected chi connectivity index (χ3v) is 6.05. The van der Waals surface area contributed by atoms with Crippen LogP contribution in [0.2, 0.25) is 0 Å². The van der Waals surface area contributed by atoms with Crippen LogP contribution in [0.3, 0.4) is 0 Å². The van der Waals surface area contributed by atoms with Crippen molar-refractivity contribution < 1.29 is 14.3 Å². The largest absolute Gasteiger partial charge is 0.481 e. The zero-order valence-corrected chi connectivity index (χ0v) is 18.1. The van der Waals surface area contributed by atoms with Crippen molar-refractivity contribution in [3.8, 4) is 16.8 Å². The van der Waals surface area contributed by atoms with E-state index >= 15 is 0 Å². The molecular weight excluding hydrogens is 419 g/mol.